The van der Waals surface area contributed by atoms with Gasteiger partial charge in [-0.05, 0) is 18.4 Å². The summed E-state index contributed by atoms with van der Waals surface area (Å²) in [6, 6.07) is 9.05. The summed E-state index contributed by atoms with van der Waals surface area (Å²) < 4.78 is 0. The van der Waals surface area contributed by atoms with Crippen molar-refractivity contribution in [3.8, 4) is 0 Å². The molecule has 2 unspecified atom stereocenters. The number of benzene rings is 1. The fraction of sp³-hybridized carbons (Fsp3) is 0.500. The Morgan fingerprint density at radius 2 is 2.09 bits per heavy atom. The monoisotopic (exact) mass is 303 g/mol. The average Bonchev–Trinajstić information content (AvgIpc) is 2.94. The molecule has 1 spiro atoms. The molecule has 0 saturated carbocycles. The first-order valence-electron chi connectivity index (χ1n) is 7.59. The van der Waals surface area contributed by atoms with Crippen molar-refractivity contribution in [3.63, 3.8) is 0 Å². The predicted molar refractivity (Wildman–Crippen MR) is 80.6 cm³/mol. The van der Waals surface area contributed by atoms with Crippen LogP contribution in [0, 0.1) is 0 Å². The number of nitrogens with zero attached hydrogens (tertiary/aromatic N) is 2. The number of β-lactam (4-membered cyclic amide) rings is 1. The Bertz CT molecular complexity index is 577. The van der Waals surface area contributed by atoms with Crippen LogP contribution in [0.15, 0.2) is 30.3 Å². The molecule has 0 radical (unpaired) electrons. The molecule has 1 aromatic carbocycles. The molecule has 6 nitrogen and oxygen atoms in total. The minimum Gasteiger partial charge on any atom is -0.394 e. The largest absolute Gasteiger partial charge is 0.394 e. The summed E-state index contributed by atoms with van der Waals surface area (Å²) in [7, 11) is 0. The van der Waals surface area contributed by atoms with Gasteiger partial charge in [-0.25, -0.2) is 0 Å². The second kappa shape index (κ2) is 5.70. The van der Waals surface area contributed by atoms with E-state index < -0.39 is 17.5 Å². The summed E-state index contributed by atoms with van der Waals surface area (Å²) in [4.78, 5) is 27.8. The zero-order valence-electron chi connectivity index (χ0n) is 12.4. The quantitative estimate of drug-likeness (QED) is 0.732. The molecule has 118 valence electrons. The number of likely N-dealkylation sites (tertiary alicyclic amines) is 2. The first kappa shape index (κ1) is 15.0. The number of carbonyl (C=O) groups excluding carboxylic acids is 2. The summed E-state index contributed by atoms with van der Waals surface area (Å²) in [6.07, 6.45) is 1.57. The van der Waals surface area contributed by atoms with Crippen LogP contribution in [0.25, 0.3) is 0 Å². The molecular weight excluding hydrogens is 282 g/mol. The Morgan fingerprint density at radius 3 is 2.68 bits per heavy atom. The first-order valence-corrected chi connectivity index (χ1v) is 7.59. The van der Waals surface area contributed by atoms with Gasteiger partial charge in [0, 0.05) is 19.6 Å². The molecule has 3 N–H and O–H groups in total. The van der Waals surface area contributed by atoms with Crippen LogP contribution in [0.5, 0.6) is 0 Å². The smallest absolute Gasteiger partial charge is 0.245 e. The van der Waals surface area contributed by atoms with Gasteiger partial charge in [0.2, 0.25) is 11.8 Å². The molecule has 22 heavy (non-hydrogen) atoms. The fourth-order valence-corrected chi connectivity index (χ4v) is 3.69. The van der Waals surface area contributed by atoms with Gasteiger partial charge in [-0.3, -0.25) is 14.5 Å². The third-order valence-corrected chi connectivity index (χ3v) is 4.77. The number of hydrogen-bond acceptors (Lipinski definition) is 4. The van der Waals surface area contributed by atoms with Gasteiger partial charge >= 0.3 is 0 Å². The molecule has 6 heteroatoms. The second-order valence-electron chi connectivity index (χ2n) is 6.08. The van der Waals surface area contributed by atoms with Crippen LogP contribution in [0.3, 0.4) is 0 Å². The normalized spacial score (nSPS) is 26.2. The maximum absolute atomic E-state index is 12.7. The number of nitrogens with two attached hydrogens (primary N) is 1. The average molecular weight is 303 g/mol. The minimum atomic E-state index is -0.773. The van der Waals surface area contributed by atoms with Crippen molar-refractivity contribution in [2.45, 2.75) is 31.0 Å². The Morgan fingerprint density at radius 1 is 1.36 bits per heavy atom. The third-order valence-electron chi connectivity index (χ3n) is 4.77. The van der Waals surface area contributed by atoms with Gasteiger partial charge in [0.25, 0.3) is 0 Å². The fourth-order valence-electron chi connectivity index (χ4n) is 3.69. The van der Waals surface area contributed by atoms with E-state index in [4.69, 9.17) is 5.73 Å². The molecule has 2 fully saturated rings. The minimum absolute atomic E-state index is 0.0357. The van der Waals surface area contributed by atoms with E-state index in [2.05, 4.69) is 0 Å². The summed E-state index contributed by atoms with van der Waals surface area (Å²) >= 11 is 0. The second-order valence-corrected chi connectivity index (χ2v) is 6.08. The van der Waals surface area contributed by atoms with Crippen molar-refractivity contribution in [2.24, 2.45) is 5.73 Å². The predicted octanol–water partition coefficient (Wildman–Crippen LogP) is -0.290. The van der Waals surface area contributed by atoms with Gasteiger partial charge in [-0.15, -0.1) is 0 Å². The van der Waals surface area contributed by atoms with E-state index in [0.717, 1.165) is 18.4 Å². The third kappa shape index (κ3) is 2.28. The summed E-state index contributed by atoms with van der Waals surface area (Å²) in [5.74, 6) is -0.536. The zero-order valence-corrected chi connectivity index (χ0v) is 12.4. The van der Waals surface area contributed by atoms with E-state index in [1.54, 1.807) is 9.80 Å². The molecule has 2 heterocycles. The van der Waals surface area contributed by atoms with Gasteiger partial charge in [0.15, 0.2) is 0 Å². The Kier molecular flexibility index (Phi) is 3.88. The topological polar surface area (TPSA) is 86.9 Å². The lowest BCUT2D eigenvalue weighted by atomic mass is 9.84. The highest BCUT2D eigenvalue weighted by atomic mass is 16.3. The van der Waals surface area contributed by atoms with E-state index in [-0.39, 0.29) is 12.5 Å². The zero-order chi connectivity index (χ0) is 15.7. The number of primary amides is 1. The van der Waals surface area contributed by atoms with Gasteiger partial charge in [-0.2, -0.15) is 0 Å². The molecule has 0 aromatic heterocycles. The van der Waals surface area contributed by atoms with Crippen molar-refractivity contribution >= 4 is 11.8 Å². The number of hydrogen-bond donors (Lipinski definition) is 2. The molecule has 3 rings (SSSR count). The van der Waals surface area contributed by atoms with Crippen LogP contribution in [0.4, 0.5) is 0 Å². The van der Waals surface area contributed by atoms with Crippen molar-refractivity contribution < 1.29 is 14.7 Å². The van der Waals surface area contributed by atoms with Crippen LogP contribution in [-0.2, 0) is 16.1 Å². The lowest BCUT2D eigenvalue weighted by molar-refractivity contribution is -0.166. The van der Waals surface area contributed by atoms with Crippen LogP contribution in [0.2, 0.25) is 0 Å². The molecule has 2 aliphatic heterocycles. The van der Waals surface area contributed by atoms with Crippen LogP contribution in [-0.4, -0.2) is 58.0 Å². The Labute approximate surface area is 129 Å². The van der Waals surface area contributed by atoms with Gasteiger partial charge in [-0.1, -0.05) is 30.3 Å². The lowest BCUT2D eigenvalue weighted by Crippen LogP contribution is -2.74. The van der Waals surface area contributed by atoms with E-state index in [9.17, 15) is 14.7 Å². The molecule has 0 aliphatic carbocycles. The summed E-state index contributed by atoms with van der Waals surface area (Å²) in [5.41, 5.74) is 5.81. The Hall–Kier alpha value is -1.92. The van der Waals surface area contributed by atoms with E-state index in [1.807, 2.05) is 30.3 Å². The molecule has 2 atom stereocenters. The van der Waals surface area contributed by atoms with Gasteiger partial charge in [0.05, 0.1) is 6.61 Å². The maximum Gasteiger partial charge on any atom is 0.245 e. The van der Waals surface area contributed by atoms with Gasteiger partial charge in [0.1, 0.15) is 11.6 Å². The molecule has 2 amide bonds. The molecule has 0 bridgehead atoms. The molecule has 2 aliphatic rings. The molecular formula is C16H21N3O3. The highest BCUT2D eigenvalue weighted by molar-refractivity contribution is 5.94. The number of aliphatic hydroxyl groups is 1. The number of amides is 2. The van der Waals surface area contributed by atoms with Crippen LogP contribution >= 0.6 is 0 Å². The molecule has 2 saturated heterocycles. The highest BCUT2D eigenvalue weighted by Gasteiger charge is 2.59. The maximum atomic E-state index is 12.7. The van der Waals surface area contributed by atoms with Gasteiger partial charge < -0.3 is 15.7 Å². The SMILES string of the molecule is NC(=O)C(CO)N1CCCC12CN(Cc1ccccc1)C2=O. The highest BCUT2D eigenvalue weighted by Crippen LogP contribution is 2.40. The van der Waals surface area contributed by atoms with Crippen molar-refractivity contribution in [1.29, 1.82) is 0 Å². The number of rotatable bonds is 5. The lowest BCUT2D eigenvalue weighted by Gasteiger charge is -2.52. The molecule has 1 aromatic rings. The van der Waals surface area contributed by atoms with E-state index >= 15 is 0 Å². The van der Waals surface area contributed by atoms with Crippen molar-refractivity contribution in [2.75, 3.05) is 19.7 Å². The summed E-state index contributed by atoms with van der Waals surface area (Å²) in [5, 5.41) is 9.43. The van der Waals surface area contributed by atoms with E-state index in [1.165, 1.54) is 0 Å². The standard InChI is InChI=1S/C16H21N3O3/c17-14(21)13(10-20)19-8-4-7-16(19)11-18(15(16)22)9-12-5-2-1-3-6-12/h1-3,5-6,13,20H,4,7-11H2,(H2,17,21). The number of carbonyl (C=O) groups is 2. The van der Waals surface area contributed by atoms with Crippen LogP contribution in [0.1, 0.15) is 18.4 Å². The summed E-state index contributed by atoms with van der Waals surface area (Å²) in [6.45, 7) is 1.45. The van der Waals surface area contributed by atoms with Crippen molar-refractivity contribution in [3.05, 3.63) is 35.9 Å². The van der Waals surface area contributed by atoms with Crippen LogP contribution < -0.4 is 5.73 Å². The Balaban J connectivity index is 1.73. The number of aliphatic hydroxyl groups excluding tert-OH is 1. The van der Waals surface area contributed by atoms with Crippen molar-refractivity contribution in [1.82, 2.24) is 9.80 Å². The first-order chi connectivity index (χ1) is 10.6. The van der Waals surface area contributed by atoms with E-state index in [0.29, 0.717) is 19.6 Å².